The standard InChI is InChI=1S/C18H24N4O2/c1-10-6-11(2)15(19-8-10)9-20-18(23)17-14-7-12(3)24-13(4)16(14)21-22(17)5/h6,8,12-13H,7,9H2,1-5H3,(H,20,23)/t12-,13+/m1/s1. The Hall–Kier alpha value is -2.21. The number of aryl methyl sites for hydroxylation is 3. The van der Waals surface area contributed by atoms with Crippen molar-refractivity contribution in [2.45, 2.75) is 52.9 Å². The first kappa shape index (κ1) is 16.6. The summed E-state index contributed by atoms with van der Waals surface area (Å²) in [4.78, 5) is 17.1. The van der Waals surface area contributed by atoms with Gasteiger partial charge >= 0.3 is 0 Å². The molecule has 0 saturated heterocycles. The summed E-state index contributed by atoms with van der Waals surface area (Å²) in [5.41, 5.74) is 5.57. The predicted octanol–water partition coefficient (Wildman–Crippen LogP) is 2.38. The van der Waals surface area contributed by atoms with Gasteiger partial charge in [0.05, 0.1) is 30.1 Å². The number of hydrogen-bond acceptors (Lipinski definition) is 4. The number of ether oxygens (including phenoxy) is 1. The first-order chi connectivity index (χ1) is 11.4. The number of fused-ring (bicyclic) bond motifs is 1. The van der Waals surface area contributed by atoms with Gasteiger partial charge in [0.15, 0.2) is 0 Å². The number of aromatic nitrogens is 3. The lowest BCUT2D eigenvalue weighted by atomic mass is 9.99. The Morgan fingerprint density at radius 2 is 2.17 bits per heavy atom. The van der Waals surface area contributed by atoms with Gasteiger partial charge in [0.2, 0.25) is 0 Å². The van der Waals surface area contributed by atoms with Crippen LogP contribution >= 0.6 is 0 Å². The van der Waals surface area contributed by atoms with Crippen molar-refractivity contribution < 1.29 is 9.53 Å². The normalized spacial score (nSPS) is 19.9. The minimum Gasteiger partial charge on any atom is -0.369 e. The van der Waals surface area contributed by atoms with Crippen LogP contribution in [0.15, 0.2) is 12.3 Å². The summed E-state index contributed by atoms with van der Waals surface area (Å²) in [6.45, 7) is 8.42. The van der Waals surface area contributed by atoms with Crippen LogP contribution in [0.5, 0.6) is 0 Å². The highest BCUT2D eigenvalue weighted by Gasteiger charge is 2.31. The lowest BCUT2D eigenvalue weighted by molar-refractivity contribution is -0.00710. The van der Waals surface area contributed by atoms with Gasteiger partial charge in [0.1, 0.15) is 5.69 Å². The number of nitrogens with zero attached hydrogens (tertiary/aromatic N) is 3. The Kier molecular flexibility index (Phi) is 4.41. The van der Waals surface area contributed by atoms with Gasteiger partial charge in [-0.2, -0.15) is 5.10 Å². The van der Waals surface area contributed by atoms with E-state index in [1.165, 1.54) is 0 Å². The van der Waals surface area contributed by atoms with E-state index in [4.69, 9.17) is 4.74 Å². The van der Waals surface area contributed by atoms with Crippen LogP contribution in [0.4, 0.5) is 0 Å². The molecule has 2 aromatic rings. The van der Waals surface area contributed by atoms with Gasteiger partial charge < -0.3 is 10.1 Å². The first-order valence-electron chi connectivity index (χ1n) is 8.28. The van der Waals surface area contributed by atoms with Crippen molar-refractivity contribution in [3.8, 4) is 0 Å². The van der Waals surface area contributed by atoms with Crippen molar-refractivity contribution in [3.63, 3.8) is 0 Å². The number of hydrogen-bond donors (Lipinski definition) is 1. The second-order valence-corrected chi connectivity index (χ2v) is 6.59. The molecule has 0 bridgehead atoms. The van der Waals surface area contributed by atoms with Crippen LogP contribution in [0.25, 0.3) is 0 Å². The zero-order valence-corrected chi connectivity index (χ0v) is 14.9. The lowest BCUT2D eigenvalue weighted by Gasteiger charge is -2.24. The summed E-state index contributed by atoms with van der Waals surface area (Å²) < 4.78 is 7.46. The topological polar surface area (TPSA) is 69.0 Å². The maximum absolute atomic E-state index is 12.7. The Bertz CT molecular complexity index is 782. The van der Waals surface area contributed by atoms with Crippen molar-refractivity contribution in [2.24, 2.45) is 7.05 Å². The highest BCUT2D eigenvalue weighted by atomic mass is 16.5. The molecule has 0 fully saturated rings. The van der Waals surface area contributed by atoms with Crippen LogP contribution in [0.2, 0.25) is 0 Å². The second kappa shape index (κ2) is 6.36. The highest BCUT2D eigenvalue weighted by Crippen LogP contribution is 2.31. The predicted molar refractivity (Wildman–Crippen MR) is 90.8 cm³/mol. The molecule has 0 saturated carbocycles. The molecule has 2 atom stereocenters. The van der Waals surface area contributed by atoms with Gasteiger partial charge in [0.25, 0.3) is 5.91 Å². The molecule has 0 unspecified atom stereocenters. The molecular weight excluding hydrogens is 304 g/mol. The average Bonchev–Trinajstić information content (AvgIpc) is 2.82. The van der Waals surface area contributed by atoms with Crippen molar-refractivity contribution in [3.05, 3.63) is 46.0 Å². The molecule has 6 nitrogen and oxygen atoms in total. The Morgan fingerprint density at radius 1 is 1.42 bits per heavy atom. The van der Waals surface area contributed by atoms with E-state index in [1.54, 1.807) is 11.7 Å². The molecule has 6 heteroatoms. The quantitative estimate of drug-likeness (QED) is 0.939. The van der Waals surface area contributed by atoms with Gasteiger partial charge in [-0.05, 0) is 38.8 Å². The Balaban J connectivity index is 1.81. The average molecular weight is 328 g/mol. The van der Waals surface area contributed by atoms with E-state index in [0.29, 0.717) is 18.7 Å². The number of rotatable bonds is 3. The second-order valence-electron chi connectivity index (χ2n) is 6.59. The molecule has 1 aliphatic heterocycles. The number of nitrogens with one attached hydrogen (secondary N) is 1. The zero-order chi connectivity index (χ0) is 17.4. The van der Waals surface area contributed by atoms with E-state index in [-0.39, 0.29) is 18.1 Å². The van der Waals surface area contributed by atoms with Crippen molar-refractivity contribution in [2.75, 3.05) is 0 Å². The molecule has 0 aromatic carbocycles. The Labute approximate surface area is 142 Å². The van der Waals surface area contributed by atoms with E-state index in [1.807, 2.05) is 33.9 Å². The molecule has 24 heavy (non-hydrogen) atoms. The van der Waals surface area contributed by atoms with Gasteiger partial charge in [-0.15, -0.1) is 0 Å². The van der Waals surface area contributed by atoms with Crippen LogP contribution in [-0.4, -0.2) is 26.8 Å². The fourth-order valence-corrected chi connectivity index (χ4v) is 3.33. The van der Waals surface area contributed by atoms with E-state index < -0.39 is 0 Å². The largest absolute Gasteiger partial charge is 0.369 e. The molecule has 3 rings (SSSR count). The third kappa shape index (κ3) is 3.06. The van der Waals surface area contributed by atoms with Crippen LogP contribution in [0, 0.1) is 13.8 Å². The van der Waals surface area contributed by atoms with Crippen molar-refractivity contribution in [1.29, 1.82) is 0 Å². The van der Waals surface area contributed by atoms with E-state index in [2.05, 4.69) is 21.5 Å². The van der Waals surface area contributed by atoms with E-state index in [9.17, 15) is 4.79 Å². The maximum atomic E-state index is 12.7. The van der Waals surface area contributed by atoms with Gasteiger partial charge in [-0.3, -0.25) is 14.5 Å². The molecule has 0 radical (unpaired) electrons. The molecule has 1 amide bonds. The summed E-state index contributed by atoms with van der Waals surface area (Å²) in [7, 11) is 1.81. The van der Waals surface area contributed by atoms with E-state index >= 15 is 0 Å². The minimum atomic E-state index is -0.116. The highest BCUT2D eigenvalue weighted by molar-refractivity contribution is 5.94. The van der Waals surface area contributed by atoms with Crippen LogP contribution in [0.3, 0.4) is 0 Å². The monoisotopic (exact) mass is 328 g/mol. The number of amides is 1. The third-order valence-corrected chi connectivity index (χ3v) is 4.44. The molecule has 3 heterocycles. The van der Waals surface area contributed by atoms with E-state index in [0.717, 1.165) is 28.1 Å². The first-order valence-corrected chi connectivity index (χ1v) is 8.28. The summed E-state index contributed by atoms with van der Waals surface area (Å²) >= 11 is 0. The smallest absolute Gasteiger partial charge is 0.270 e. The molecule has 2 aromatic heterocycles. The maximum Gasteiger partial charge on any atom is 0.270 e. The molecule has 0 aliphatic carbocycles. The number of pyridine rings is 1. The van der Waals surface area contributed by atoms with Gasteiger partial charge in [-0.25, -0.2) is 0 Å². The van der Waals surface area contributed by atoms with Gasteiger partial charge in [0, 0.05) is 25.2 Å². The number of carbonyl (C=O) groups excluding carboxylic acids is 1. The lowest BCUT2D eigenvalue weighted by Crippen LogP contribution is -2.29. The molecule has 1 aliphatic rings. The molecule has 1 N–H and O–H groups in total. The third-order valence-electron chi connectivity index (χ3n) is 4.44. The summed E-state index contributed by atoms with van der Waals surface area (Å²) in [6, 6.07) is 2.07. The fourth-order valence-electron chi connectivity index (χ4n) is 3.33. The SMILES string of the molecule is Cc1cnc(CNC(=O)c2c3c(nn2C)[C@H](C)O[C@H](C)C3)c(C)c1. The fraction of sp³-hybridized carbons (Fsp3) is 0.500. The minimum absolute atomic E-state index is 0.0856. The van der Waals surface area contributed by atoms with Crippen LogP contribution in [0.1, 0.15) is 58.5 Å². The van der Waals surface area contributed by atoms with Crippen molar-refractivity contribution >= 4 is 5.91 Å². The van der Waals surface area contributed by atoms with Gasteiger partial charge in [-0.1, -0.05) is 6.07 Å². The van der Waals surface area contributed by atoms with Crippen molar-refractivity contribution in [1.82, 2.24) is 20.1 Å². The summed E-state index contributed by atoms with van der Waals surface area (Å²) in [6.07, 6.45) is 2.53. The Morgan fingerprint density at radius 3 is 2.88 bits per heavy atom. The number of carbonyl (C=O) groups is 1. The molecule has 0 spiro atoms. The van der Waals surface area contributed by atoms with Crippen LogP contribution < -0.4 is 5.32 Å². The zero-order valence-electron chi connectivity index (χ0n) is 14.9. The molecular formula is C18H24N4O2. The van der Waals surface area contributed by atoms with Crippen LogP contribution in [-0.2, 0) is 24.8 Å². The summed E-state index contributed by atoms with van der Waals surface area (Å²) in [5.74, 6) is -0.116. The molecule has 128 valence electrons. The summed E-state index contributed by atoms with van der Waals surface area (Å²) in [5, 5.41) is 7.47.